The topological polar surface area (TPSA) is 74.7 Å². The lowest BCUT2D eigenvalue weighted by molar-refractivity contribution is 0.0696. The predicted octanol–water partition coefficient (Wildman–Crippen LogP) is 2.33. The number of aromatic carboxylic acids is 1. The summed E-state index contributed by atoms with van der Waals surface area (Å²) in [5.41, 5.74) is -0.270. The molecular formula is C14H18FNO4S. The number of hydrogen-bond acceptors (Lipinski definition) is 3. The summed E-state index contributed by atoms with van der Waals surface area (Å²) in [7, 11) is -3.94. The standard InChI is InChI=1S/C14H18FNO4S/c1-9(2)8-16(11-4-5-11)21(19,20)13-6-3-10(14(17)18)7-12(13)15/h3,6-7,9,11H,4-5,8H2,1-2H3,(H,17,18). The maximum absolute atomic E-state index is 14.0. The first kappa shape index (κ1) is 15.9. The molecule has 0 bridgehead atoms. The van der Waals surface area contributed by atoms with Crippen molar-refractivity contribution in [3.63, 3.8) is 0 Å². The molecule has 0 aliphatic heterocycles. The van der Waals surface area contributed by atoms with Crippen LogP contribution in [0.3, 0.4) is 0 Å². The molecule has 0 spiro atoms. The lowest BCUT2D eigenvalue weighted by Crippen LogP contribution is -2.36. The Morgan fingerprint density at radius 3 is 2.48 bits per heavy atom. The van der Waals surface area contributed by atoms with E-state index in [4.69, 9.17) is 5.11 Å². The number of carbonyl (C=O) groups is 1. The zero-order valence-corrected chi connectivity index (χ0v) is 12.7. The molecule has 116 valence electrons. The second-order valence-corrected chi connectivity index (χ2v) is 7.51. The van der Waals surface area contributed by atoms with Crippen LogP contribution in [0.25, 0.3) is 0 Å². The zero-order chi connectivity index (χ0) is 15.8. The van der Waals surface area contributed by atoms with Crippen molar-refractivity contribution in [2.75, 3.05) is 6.54 Å². The van der Waals surface area contributed by atoms with Gasteiger partial charge in [0.15, 0.2) is 0 Å². The van der Waals surface area contributed by atoms with E-state index >= 15 is 0 Å². The summed E-state index contributed by atoms with van der Waals surface area (Å²) < 4.78 is 40.5. The Labute approximate surface area is 123 Å². The normalized spacial score (nSPS) is 15.7. The molecule has 1 aliphatic rings. The van der Waals surface area contributed by atoms with Crippen LogP contribution in [0, 0.1) is 11.7 Å². The van der Waals surface area contributed by atoms with E-state index in [-0.39, 0.29) is 17.5 Å². The van der Waals surface area contributed by atoms with E-state index in [0.29, 0.717) is 6.54 Å². The van der Waals surface area contributed by atoms with E-state index in [9.17, 15) is 17.6 Å². The number of rotatable bonds is 6. The van der Waals surface area contributed by atoms with Crippen molar-refractivity contribution in [2.24, 2.45) is 5.92 Å². The number of halogens is 1. The second-order valence-electron chi connectivity index (χ2n) is 5.65. The Hall–Kier alpha value is -1.47. The van der Waals surface area contributed by atoms with Gasteiger partial charge >= 0.3 is 5.97 Å². The van der Waals surface area contributed by atoms with Gasteiger partial charge < -0.3 is 5.11 Å². The van der Waals surface area contributed by atoms with Gasteiger partial charge in [0, 0.05) is 12.6 Å². The average Bonchev–Trinajstić information content (AvgIpc) is 3.19. The van der Waals surface area contributed by atoms with Crippen LogP contribution in [0.1, 0.15) is 37.0 Å². The predicted molar refractivity (Wildman–Crippen MR) is 75.1 cm³/mol. The molecule has 0 amide bonds. The van der Waals surface area contributed by atoms with E-state index in [2.05, 4.69) is 0 Å². The Morgan fingerprint density at radius 2 is 2.05 bits per heavy atom. The Kier molecular flexibility index (Phi) is 4.34. The van der Waals surface area contributed by atoms with Gasteiger partial charge in [0.25, 0.3) is 0 Å². The monoisotopic (exact) mass is 315 g/mol. The van der Waals surface area contributed by atoms with E-state index in [1.807, 2.05) is 13.8 Å². The molecule has 1 N–H and O–H groups in total. The smallest absolute Gasteiger partial charge is 0.335 e. The summed E-state index contributed by atoms with van der Waals surface area (Å²) >= 11 is 0. The number of nitrogens with zero attached hydrogens (tertiary/aromatic N) is 1. The van der Waals surface area contributed by atoms with Gasteiger partial charge in [0.1, 0.15) is 10.7 Å². The Morgan fingerprint density at radius 1 is 1.43 bits per heavy atom. The third kappa shape index (κ3) is 3.41. The minimum Gasteiger partial charge on any atom is -0.478 e. The van der Waals surface area contributed by atoms with E-state index in [1.54, 1.807) is 0 Å². The molecule has 1 aromatic carbocycles. The molecule has 0 aromatic heterocycles. The van der Waals surface area contributed by atoms with Crippen LogP contribution in [0.5, 0.6) is 0 Å². The lowest BCUT2D eigenvalue weighted by atomic mass is 10.2. The summed E-state index contributed by atoms with van der Waals surface area (Å²) in [6.45, 7) is 4.12. The van der Waals surface area contributed by atoms with E-state index in [0.717, 1.165) is 31.0 Å². The van der Waals surface area contributed by atoms with E-state index < -0.39 is 26.7 Å². The maximum Gasteiger partial charge on any atom is 0.335 e. The van der Waals surface area contributed by atoms with Gasteiger partial charge in [-0.2, -0.15) is 4.31 Å². The molecule has 0 heterocycles. The summed E-state index contributed by atoms with van der Waals surface area (Å²) in [6, 6.07) is 2.81. The molecule has 1 fully saturated rings. The van der Waals surface area contributed by atoms with Crippen LogP contribution < -0.4 is 0 Å². The van der Waals surface area contributed by atoms with E-state index in [1.165, 1.54) is 4.31 Å². The van der Waals surface area contributed by atoms with Gasteiger partial charge in [-0.15, -0.1) is 0 Å². The van der Waals surface area contributed by atoms with Crippen LogP contribution in [0.15, 0.2) is 23.1 Å². The summed E-state index contributed by atoms with van der Waals surface area (Å²) in [4.78, 5) is 10.3. The highest BCUT2D eigenvalue weighted by molar-refractivity contribution is 7.89. The first-order chi connectivity index (χ1) is 9.73. The van der Waals surface area contributed by atoms with Gasteiger partial charge in [0.2, 0.25) is 10.0 Å². The second kappa shape index (κ2) is 5.73. The molecule has 21 heavy (non-hydrogen) atoms. The van der Waals surface area contributed by atoms with Crippen molar-refractivity contribution in [3.8, 4) is 0 Å². The summed E-state index contributed by atoms with van der Waals surface area (Å²) in [5.74, 6) is -2.19. The average molecular weight is 315 g/mol. The maximum atomic E-state index is 14.0. The van der Waals surface area contributed by atoms with Gasteiger partial charge in [-0.3, -0.25) is 0 Å². The molecule has 0 unspecified atom stereocenters. The SMILES string of the molecule is CC(C)CN(C1CC1)S(=O)(=O)c1ccc(C(=O)O)cc1F. The minimum atomic E-state index is -3.94. The third-order valence-corrected chi connectivity index (χ3v) is 5.22. The highest BCUT2D eigenvalue weighted by Gasteiger charge is 2.39. The van der Waals surface area contributed by atoms with Crippen LogP contribution in [0.4, 0.5) is 4.39 Å². The largest absolute Gasteiger partial charge is 0.478 e. The molecule has 0 atom stereocenters. The van der Waals surface area contributed by atoms with Gasteiger partial charge in [0.05, 0.1) is 5.56 Å². The Balaban J connectivity index is 2.40. The molecule has 7 heteroatoms. The van der Waals surface area contributed by atoms with Crippen molar-refractivity contribution < 1.29 is 22.7 Å². The van der Waals surface area contributed by atoms with Crippen molar-refractivity contribution >= 4 is 16.0 Å². The zero-order valence-electron chi connectivity index (χ0n) is 11.9. The van der Waals surface area contributed by atoms with Crippen molar-refractivity contribution in [3.05, 3.63) is 29.6 Å². The molecular weight excluding hydrogens is 297 g/mol. The third-order valence-electron chi connectivity index (χ3n) is 3.26. The molecule has 0 saturated heterocycles. The van der Waals surface area contributed by atoms with Gasteiger partial charge in [-0.1, -0.05) is 13.8 Å². The number of hydrogen-bond donors (Lipinski definition) is 1. The fourth-order valence-corrected chi connectivity index (χ4v) is 4.03. The molecule has 5 nitrogen and oxygen atoms in total. The highest BCUT2D eigenvalue weighted by atomic mass is 32.2. The fourth-order valence-electron chi connectivity index (χ4n) is 2.14. The molecule has 0 radical (unpaired) electrons. The van der Waals surface area contributed by atoms with Gasteiger partial charge in [-0.25, -0.2) is 17.6 Å². The Bertz CT molecular complexity index is 653. The van der Waals surface area contributed by atoms with Crippen molar-refractivity contribution in [2.45, 2.75) is 37.6 Å². The van der Waals surface area contributed by atoms with Crippen LogP contribution in [-0.2, 0) is 10.0 Å². The lowest BCUT2D eigenvalue weighted by Gasteiger charge is -2.24. The molecule has 1 aliphatic carbocycles. The molecule has 1 saturated carbocycles. The van der Waals surface area contributed by atoms with Crippen LogP contribution >= 0.6 is 0 Å². The van der Waals surface area contributed by atoms with Crippen molar-refractivity contribution in [1.82, 2.24) is 4.31 Å². The number of carboxylic acids is 1. The number of benzene rings is 1. The van der Waals surface area contributed by atoms with Crippen molar-refractivity contribution in [1.29, 1.82) is 0 Å². The van der Waals surface area contributed by atoms with Crippen LogP contribution in [0.2, 0.25) is 0 Å². The molecule has 1 aromatic rings. The first-order valence-corrected chi connectivity index (χ1v) is 8.22. The summed E-state index contributed by atoms with van der Waals surface area (Å²) in [6.07, 6.45) is 1.56. The first-order valence-electron chi connectivity index (χ1n) is 6.78. The minimum absolute atomic E-state index is 0.0732. The fraction of sp³-hybridized carbons (Fsp3) is 0.500. The quantitative estimate of drug-likeness (QED) is 0.874. The number of sulfonamides is 1. The van der Waals surface area contributed by atoms with Gasteiger partial charge in [-0.05, 0) is 37.0 Å². The highest BCUT2D eigenvalue weighted by Crippen LogP contribution is 2.33. The molecule has 2 rings (SSSR count). The number of carboxylic acid groups (broad SMARTS) is 1. The van der Waals surface area contributed by atoms with Crippen LogP contribution in [-0.4, -0.2) is 36.4 Å². The summed E-state index contributed by atoms with van der Waals surface area (Å²) in [5, 5.41) is 8.80.